The number of rotatable bonds is 3. The second-order valence-corrected chi connectivity index (χ2v) is 4.72. The van der Waals surface area contributed by atoms with Crippen molar-refractivity contribution in [2.45, 2.75) is 13.8 Å². The fraction of sp³-hybridized carbons (Fsp3) is 0.118. The second-order valence-electron chi connectivity index (χ2n) is 4.72. The Morgan fingerprint density at radius 1 is 1.19 bits per heavy atom. The third-order valence-corrected chi connectivity index (χ3v) is 2.89. The van der Waals surface area contributed by atoms with Gasteiger partial charge in [0.15, 0.2) is 0 Å². The summed E-state index contributed by atoms with van der Waals surface area (Å²) >= 11 is 0. The van der Waals surface area contributed by atoms with Crippen molar-refractivity contribution in [2.75, 3.05) is 0 Å². The van der Waals surface area contributed by atoms with Crippen molar-refractivity contribution in [3.63, 3.8) is 0 Å². The summed E-state index contributed by atoms with van der Waals surface area (Å²) in [5.41, 5.74) is 1.60. The number of aromatic hydroxyl groups is 1. The molecular weight excluding hydrogens is 268 g/mol. The summed E-state index contributed by atoms with van der Waals surface area (Å²) < 4.78 is 5.40. The quantitative estimate of drug-likeness (QED) is 0.884. The van der Waals surface area contributed by atoms with E-state index in [-0.39, 0.29) is 11.3 Å². The molecule has 0 saturated carbocycles. The lowest BCUT2D eigenvalue weighted by molar-refractivity contribution is 0.0693. The summed E-state index contributed by atoms with van der Waals surface area (Å²) in [5, 5.41) is 18.4. The van der Waals surface area contributed by atoms with Crippen molar-refractivity contribution in [2.24, 2.45) is 0 Å². The molecule has 1 aromatic carbocycles. The Hall–Kier alpha value is -2.75. The third-order valence-electron chi connectivity index (χ3n) is 2.89. The molecule has 2 rings (SSSR count). The molecule has 1 aromatic rings. The first-order chi connectivity index (χ1) is 9.95. The van der Waals surface area contributed by atoms with Crippen LogP contribution in [-0.4, -0.2) is 16.2 Å². The van der Waals surface area contributed by atoms with E-state index in [1.165, 1.54) is 12.1 Å². The SMILES string of the molecule is CC1=CC(=C/C=C/c2ccc(O)c(C(=O)O)c2)C=C(C)O1. The minimum absolute atomic E-state index is 0.109. The van der Waals surface area contributed by atoms with Gasteiger partial charge in [0.05, 0.1) is 0 Å². The van der Waals surface area contributed by atoms with Crippen molar-refractivity contribution in [3.05, 3.63) is 70.7 Å². The fourth-order valence-corrected chi connectivity index (χ4v) is 2.02. The van der Waals surface area contributed by atoms with Gasteiger partial charge in [0.2, 0.25) is 0 Å². The van der Waals surface area contributed by atoms with E-state index in [9.17, 15) is 9.90 Å². The largest absolute Gasteiger partial charge is 0.507 e. The van der Waals surface area contributed by atoms with E-state index >= 15 is 0 Å². The van der Waals surface area contributed by atoms with Gasteiger partial charge in [-0.05, 0) is 49.3 Å². The van der Waals surface area contributed by atoms with Gasteiger partial charge < -0.3 is 14.9 Å². The van der Waals surface area contributed by atoms with Gasteiger partial charge in [-0.2, -0.15) is 0 Å². The molecule has 0 aromatic heterocycles. The van der Waals surface area contributed by atoms with Crippen molar-refractivity contribution >= 4 is 12.0 Å². The van der Waals surface area contributed by atoms with Crippen LogP contribution in [0.5, 0.6) is 5.75 Å². The van der Waals surface area contributed by atoms with E-state index in [0.717, 1.165) is 17.1 Å². The number of carbonyl (C=O) groups is 1. The zero-order chi connectivity index (χ0) is 15.4. The number of allylic oxidation sites excluding steroid dienone is 7. The summed E-state index contributed by atoms with van der Waals surface area (Å²) in [4.78, 5) is 10.9. The number of carboxylic acid groups (broad SMARTS) is 1. The molecule has 2 N–H and O–H groups in total. The molecule has 1 aliphatic heterocycles. The third kappa shape index (κ3) is 3.86. The Kier molecular flexibility index (Phi) is 4.28. The summed E-state index contributed by atoms with van der Waals surface area (Å²) in [5.74, 6) is 0.266. The van der Waals surface area contributed by atoms with Crippen molar-refractivity contribution in [1.29, 1.82) is 0 Å². The molecule has 0 aliphatic carbocycles. The first kappa shape index (κ1) is 14.7. The van der Waals surface area contributed by atoms with Gasteiger partial charge in [-0.3, -0.25) is 0 Å². The Morgan fingerprint density at radius 2 is 1.86 bits per heavy atom. The average Bonchev–Trinajstić information content (AvgIpc) is 2.39. The highest BCUT2D eigenvalue weighted by atomic mass is 16.5. The van der Waals surface area contributed by atoms with Gasteiger partial charge in [-0.25, -0.2) is 4.79 Å². The summed E-state index contributed by atoms with van der Waals surface area (Å²) in [6.07, 6.45) is 9.34. The van der Waals surface area contributed by atoms with E-state index < -0.39 is 5.97 Å². The Bertz CT molecular complexity index is 671. The standard InChI is InChI=1S/C17H16O4/c1-11-8-14(9-12(2)21-11)5-3-4-13-6-7-16(18)15(10-13)17(19)20/h3-10,18H,1-2H3,(H,19,20)/b4-3+. The topological polar surface area (TPSA) is 66.8 Å². The van der Waals surface area contributed by atoms with Crippen LogP contribution < -0.4 is 0 Å². The van der Waals surface area contributed by atoms with E-state index in [1.807, 2.05) is 38.2 Å². The molecule has 4 nitrogen and oxygen atoms in total. The molecule has 0 saturated heterocycles. The van der Waals surface area contributed by atoms with Gasteiger partial charge in [0.25, 0.3) is 0 Å². The van der Waals surface area contributed by atoms with Crippen LogP contribution in [0.3, 0.4) is 0 Å². The number of aromatic carboxylic acids is 1. The van der Waals surface area contributed by atoms with E-state index in [4.69, 9.17) is 9.84 Å². The number of phenols is 1. The van der Waals surface area contributed by atoms with E-state index in [2.05, 4.69) is 0 Å². The molecule has 0 radical (unpaired) electrons. The van der Waals surface area contributed by atoms with Crippen LogP contribution in [0.1, 0.15) is 29.8 Å². The summed E-state index contributed by atoms with van der Waals surface area (Å²) in [6, 6.07) is 4.46. The molecule has 4 heteroatoms. The molecule has 21 heavy (non-hydrogen) atoms. The van der Waals surface area contributed by atoms with E-state index in [1.54, 1.807) is 12.1 Å². The highest BCUT2D eigenvalue weighted by Crippen LogP contribution is 2.20. The number of hydrogen-bond donors (Lipinski definition) is 2. The van der Waals surface area contributed by atoms with Crippen LogP contribution in [0.4, 0.5) is 0 Å². The molecule has 1 aliphatic rings. The van der Waals surface area contributed by atoms with Crippen LogP contribution in [-0.2, 0) is 4.74 Å². The van der Waals surface area contributed by atoms with Crippen molar-refractivity contribution in [3.8, 4) is 5.75 Å². The monoisotopic (exact) mass is 284 g/mol. The molecule has 0 spiro atoms. The lowest BCUT2D eigenvalue weighted by Crippen LogP contribution is -1.96. The van der Waals surface area contributed by atoms with Gasteiger partial charge in [0, 0.05) is 0 Å². The first-order valence-corrected chi connectivity index (χ1v) is 6.45. The number of hydrogen-bond acceptors (Lipinski definition) is 3. The summed E-state index contributed by atoms with van der Waals surface area (Å²) in [6.45, 7) is 3.76. The minimum Gasteiger partial charge on any atom is -0.507 e. The van der Waals surface area contributed by atoms with Gasteiger partial charge in [-0.15, -0.1) is 0 Å². The molecule has 1 heterocycles. The van der Waals surface area contributed by atoms with Crippen molar-refractivity contribution < 1.29 is 19.7 Å². The predicted molar refractivity (Wildman–Crippen MR) is 80.8 cm³/mol. The Balaban J connectivity index is 2.21. The van der Waals surface area contributed by atoms with Gasteiger partial charge >= 0.3 is 5.97 Å². The molecule has 0 bridgehead atoms. The molecule has 0 amide bonds. The average molecular weight is 284 g/mol. The van der Waals surface area contributed by atoms with Crippen LogP contribution in [0, 0.1) is 0 Å². The lowest BCUT2D eigenvalue weighted by atomic mass is 10.1. The summed E-state index contributed by atoms with van der Waals surface area (Å²) in [7, 11) is 0. The lowest BCUT2D eigenvalue weighted by Gasteiger charge is -2.11. The van der Waals surface area contributed by atoms with Gasteiger partial charge in [0.1, 0.15) is 22.8 Å². The van der Waals surface area contributed by atoms with E-state index in [0.29, 0.717) is 5.56 Å². The smallest absolute Gasteiger partial charge is 0.339 e. The van der Waals surface area contributed by atoms with Crippen LogP contribution >= 0.6 is 0 Å². The predicted octanol–water partition coefficient (Wildman–Crippen LogP) is 3.87. The first-order valence-electron chi connectivity index (χ1n) is 6.45. The van der Waals surface area contributed by atoms with Crippen LogP contribution in [0.15, 0.2) is 59.6 Å². The van der Waals surface area contributed by atoms with Crippen LogP contribution in [0.2, 0.25) is 0 Å². The Labute approximate surface area is 123 Å². The molecular formula is C17H16O4. The van der Waals surface area contributed by atoms with Crippen molar-refractivity contribution in [1.82, 2.24) is 0 Å². The zero-order valence-electron chi connectivity index (χ0n) is 11.8. The molecule has 0 atom stereocenters. The molecule has 0 unspecified atom stereocenters. The normalized spacial score (nSPS) is 14.5. The highest BCUT2D eigenvalue weighted by Gasteiger charge is 2.08. The van der Waals surface area contributed by atoms with Crippen LogP contribution in [0.25, 0.3) is 6.08 Å². The number of ether oxygens (including phenoxy) is 1. The zero-order valence-corrected chi connectivity index (χ0v) is 11.8. The maximum Gasteiger partial charge on any atom is 0.339 e. The minimum atomic E-state index is -1.15. The number of carboxylic acids is 1. The second kappa shape index (κ2) is 6.13. The fourth-order valence-electron chi connectivity index (χ4n) is 2.02. The maximum absolute atomic E-state index is 10.9. The van der Waals surface area contributed by atoms with Gasteiger partial charge in [-0.1, -0.05) is 24.3 Å². The Morgan fingerprint density at radius 3 is 2.48 bits per heavy atom. The highest BCUT2D eigenvalue weighted by molar-refractivity contribution is 5.91. The maximum atomic E-state index is 10.9. The molecule has 108 valence electrons. The molecule has 0 fully saturated rings. The number of benzene rings is 1.